The maximum Gasteiger partial charge on any atom is 0.366 e. The van der Waals surface area contributed by atoms with Gasteiger partial charge >= 0.3 is 5.97 Å². The molecule has 0 spiro atoms. The first-order chi connectivity index (χ1) is 6.33. The van der Waals surface area contributed by atoms with Gasteiger partial charge in [0.1, 0.15) is 18.3 Å². The molecule has 2 rings (SSSR count). The summed E-state index contributed by atoms with van der Waals surface area (Å²) in [5.41, 5.74) is 0.294. The van der Waals surface area contributed by atoms with E-state index in [2.05, 4.69) is 15.2 Å². The molecule has 0 unspecified atom stereocenters. The average molecular weight is 177 g/mol. The summed E-state index contributed by atoms with van der Waals surface area (Å²) in [7, 11) is 0. The number of carbonyl (C=O) groups excluding carboxylic acids is 2. The van der Waals surface area contributed by atoms with Crippen LogP contribution in [0.15, 0.2) is 12.4 Å². The van der Waals surface area contributed by atoms with Crippen LogP contribution in [0.1, 0.15) is 16.2 Å². The van der Waals surface area contributed by atoms with Crippen molar-refractivity contribution in [3.63, 3.8) is 0 Å². The number of hydrogen-bond acceptors (Lipinski definition) is 6. The Morgan fingerprint density at radius 3 is 3.00 bits per heavy atom. The fourth-order valence-electron chi connectivity index (χ4n) is 0.965. The molecular formula is C7H3N3O3. The zero-order valence-corrected chi connectivity index (χ0v) is 6.30. The fourth-order valence-corrected chi connectivity index (χ4v) is 0.965. The molecule has 0 radical (unpaired) electrons. The molecule has 1 aliphatic rings. The minimum absolute atomic E-state index is 0.0376. The van der Waals surface area contributed by atoms with Crippen LogP contribution in [0, 0.1) is 0 Å². The summed E-state index contributed by atoms with van der Waals surface area (Å²) < 4.78 is 4.70. The van der Waals surface area contributed by atoms with E-state index in [0.717, 1.165) is 6.08 Å². The number of fused-ring (bicyclic) bond motifs is 1. The fraction of sp³-hybridized carbons (Fsp3) is 0. The SMILES string of the molecule is O=CC=C1OC(=O)c2nncnc21. The summed E-state index contributed by atoms with van der Waals surface area (Å²) in [6.45, 7) is 0. The number of hydrogen-bond donors (Lipinski definition) is 0. The number of rotatable bonds is 1. The molecule has 1 aromatic heterocycles. The van der Waals surface area contributed by atoms with Crippen molar-refractivity contribution in [2.45, 2.75) is 0 Å². The minimum Gasteiger partial charge on any atom is -0.419 e. The monoisotopic (exact) mass is 177 g/mol. The molecule has 64 valence electrons. The van der Waals surface area contributed by atoms with Gasteiger partial charge in [-0.2, -0.15) is 0 Å². The number of ether oxygens (including phenoxy) is 1. The van der Waals surface area contributed by atoms with Gasteiger partial charge in [-0.15, -0.1) is 10.2 Å². The summed E-state index contributed by atoms with van der Waals surface area (Å²) in [5, 5.41) is 6.95. The molecule has 0 saturated heterocycles. The van der Waals surface area contributed by atoms with E-state index in [9.17, 15) is 9.59 Å². The van der Waals surface area contributed by atoms with E-state index in [1.165, 1.54) is 6.33 Å². The number of allylic oxidation sites excluding steroid dienone is 1. The van der Waals surface area contributed by atoms with Crippen LogP contribution in [-0.2, 0) is 9.53 Å². The molecule has 1 aromatic rings. The van der Waals surface area contributed by atoms with Crippen LogP contribution in [0.5, 0.6) is 0 Å². The van der Waals surface area contributed by atoms with E-state index >= 15 is 0 Å². The lowest BCUT2D eigenvalue weighted by Crippen LogP contribution is -1.99. The standard InChI is InChI=1S/C7H3N3O3/c11-2-1-4-5-6(7(12)13-4)10-9-3-8-5/h1-3H. The molecule has 6 heteroatoms. The Morgan fingerprint density at radius 2 is 2.23 bits per heavy atom. The lowest BCUT2D eigenvalue weighted by molar-refractivity contribution is -0.104. The summed E-state index contributed by atoms with van der Waals surface area (Å²) in [4.78, 5) is 24.9. The van der Waals surface area contributed by atoms with Crippen molar-refractivity contribution < 1.29 is 14.3 Å². The van der Waals surface area contributed by atoms with E-state index < -0.39 is 5.97 Å². The van der Waals surface area contributed by atoms with Gasteiger partial charge in [-0.1, -0.05) is 0 Å². The summed E-state index contributed by atoms with van der Waals surface area (Å²) in [6.07, 6.45) is 2.80. The third-order valence-electron chi connectivity index (χ3n) is 1.47. The van der Waals surface area contributed by atoms with Gasteiger partial charge in [0.25, 0.3) is 0 Å². The molecule has 13 heavy (non-hydrogen) atoms. The molecule has 0 N–H and O–H groups in total. The molecule has 0 saturated carbocycles. The highest BCUT2D eigenvalue weighted by molar-refractivity contribution is 6.01. The predicted octanol–water partition coefficient (Wildman–Crippen LogP) is -0.418. The molecule has 0 aliphatic carbocycles. The number of esters is 1. The normalized spacial score (nSPS) is 16.9. The number of nitrogens with zero attached hydrogens (tertiary/aromatic N) is 3. The van der Waals surface area contributed by atoms with Gasteiger partial charge in [-0.05, 0) is 0 Å². The highest BCUT2D eigenvalue weighted by Crippen LogP contribution is 2.24. The molecular weight excluding hydrogens is 174 g/mol. The topological polar surface area (TPSA) is 82.0 Å². The Labute approximate surface area is 72.3 Å². The first-order valence-electron chi connectivity index (χ1n) is 3.38. The lowest BCUT2D eigenvalue weighted by Gasteiger charge is -1.90. The summed E-state index contributed by atoms with van der Waals surface area (Å²) in [6, 6.07) is 0. The predicted molar refractivity (Wildman–Crippen MR) is 39.3 cm³/mol. The second-order valence-electron chi connectivity index (χ2n) is 2.21. The zero-order chi connectivity index (χ0) is 9.26. The van der Waals surface area contributed by atoms with Gasteiger partial charge in [0.2, 0.25) is 5.69 Å². The van der Waals surface area contributed by atoms with Gasteiger partial charge in [-0.25, -0.2) is 9.78 Å². The van der Waals surface area contributed by atoms with Crippen molar-refractivity contribution in [1.29, 1.82) is 0 Å². The molecule has 0 bridgehead atoms. The second kappa shape index (κ2) is 2.74. The summed E-state index contributed by atoms with van der Waals surface area (Å²) in [5.74, 6) is -0.520. The first kappa shape index (κ1) is 7.53. The van der Waals surface area contributed by atoms with Crippen LogP contribution >= 0.6 is 0 Å². The largest absolute Gasteiger partial charge is 0.419 e. The van der Waals surface area contributed by atoms with Crippen molar-refractivity contribution in [2.75, 3.05) is 0 Å². The number of aromatic nitrogens is 3. The average Bonchev–Trinajstić information content (AvgIpc) is 2.46. The van der Waals surface area contributed by atoms with E-state index in [0.29, 0.717) is 6.29 Å². The van der Waals surface area contributed by atoms with Crippen molar-refractivity contribution >= 4 is 18.0 Å². The third-order valence-corrected chi connectivity index (χ3v) is 1.47. The lowest BCUT2D eigenvalue weighted by atomic mass is 10.3. The van der Waals surface area contributed by atoms with Crippen molar-refractivity contribution in [3.05, 3.63) is 23.8 Å². The Balaban J connectivity index is 2.59. The number of carbonyl (C=O) groups is 2. The molecule has 0 atom stereocenters. The Morgan fingerprint density at radius 1 is 1.38 bits per heavy atom. The maximum atomic E-state index is 11.0. The van der Waals surface area contributed by atoms with Crippen LogP contribution in [0.4, 0.5) is 0 Å². The van der Waals surface area contributed by atoms with Crippen molar-refractivity contribution in [2.24, 2.45) is 0 Å². The summed E-state index contributed by atoms with van der Waals surface area (Å²) >= 11 is 0. The van der Waals surface area contributed by atoms with E-state index in [4.69, 9.17) is 4.74 Å². The number of aldehydes is 1. The quantitative estimate of drug-likeness (QED) is 0.329. The second-order valence-corrected chi connectivity index (χ2v) is 2.21. The van der Waals surface area contributed by atoms with Crippen LogP contribution < -0.4 is 0 Å². The van der Waals surface area contributed by atoms with E-state index in [1.807, 2.05) is 0 Å². The molecule has 1 aliphatic heterocycles. The Hall–Kier alpha value is -2.11. The molecule has 0 fully saturated rings. The van der Waals surface area contributed by atoms with Crippen LogP contribution in [0.2, 0.25) is 0 Å². The highest BCUT2D eigenvalue weighted by Gasteiger charge is 2.29. The molecule has 6 nitrogen and oxygen atoms in total. The minimum atomic E-state index is -0.635. The van der Waals surface area contributed by atoms with E-state index in [-0.39, 0.29) is 17.1 Å². The van der Waals surface area contributed by atoms with Crippen LogP contribution in [0.25, 0.3) is 5.76 Å². The van der Waals surface area contributed by atoms with Gasteiger partial charge in [-0.3, -0.25) is 4.79 Å². The van der Waals surface area contributed by atoms with Gasteiger partial charge in [0, 0.05) is 6.08 Å². The van der Waals surface area contributed by atoms with Crippen molar-refractivity contribution in [3.8, 4) is 0 Å². The Bertz CT molecular complexity index is 413. The third kappa shape index (κ3) is 1.08. The smallest absolute Gasteiger partial charge is 0.366 e. The van der Waals surface area contributed by atoms with Crippen molar-refractivity contribution in [1.82, 2.24) is 15.2 Å². The highest BCUT2D eigenvalue weighted by atomic mass is 16.5. The zero-order valence-electron chi connectivity index (χ0n) is 6.30. The molecule has 0 amide bonds. The maximum absolute atomic E-state index is 11.0. The van der Waals surface area contributed by atoms with Gasteiger partial charge < -0.3 is 4.74 Å². The Kier molecular flexibility index (Phi) is 1.59. The van der Waals surface area contributed by atoms with E-state index in [1.54, 1.807) is 0 Å². The van der Waals surface area contributed by atoms with Gasteiger partial charge in [0.15, 0.2) is 5.76 Å². The number of cyclic esters (lactones) is 1. The molecule has 0 aromatic carbocycles. The van der Waals surface area contributed by atoms with Gasteiger partial charge in [0.05, 0.1) is 0 Å². The van der Waals surface area contributed by atoms with Crippen LogP contribution in [-0.4, -0.2) is 27.4 Å². The molecule has 2 heterocycles. The first-order valence-corrected chi connectivity index (χ1v) is 3.38. The van der Waals surface area contributed by atoms with Crippen LogP contribution in [0.3, 0.4) is 0 Å².